The highest BCUT2D eigenvalue weighted by Gasteiger charge is 2.24. The van der Waals surface area contributed by atoms with Gasteiger partial charge in [-0.3, -0.25) is 10.1 Å². The lowest BCUT2D eigenvalue weighted by Gasteiger charge is -2.15. The average Bonchev–Trinajstić information content (AvgIpc) is 2.53. The van der Waals surface area contributed by atoms with Crippen LogP contribution in [0, 0.1) is 10.1 Å². The molecule has 0 bridgehead atoms. The number of carboxylic acid groups (broad SMARTS) is 1. The molecule has 0 amide bonds. The molecule has 0 aliphatic rings. The Morgan fingerprint density at radius 3 is 2.71 bits per heavy atom. The van der Waals surface area contributed by atoms with Crippen LogP contribution in [0.15, 0.2) is 36.5 Å². The normalized spacial score (nSPS) is 11.9. The van der Waals surface area contributed by atoms with Crippen molar-refractivity contribution in [3.05, 3.63) is 68.5 Å². The molecule has 8 heteroatoms. The first-order valence-electron chi connectivity index (χ1n) is 7.22. The molecule has 1 aromatic heterocycles. The summed E-state index contributed by atoms with van der Waals surface area (Å²) < 4.78 is 0. The highest BCUT2D eigenvalue weighted by Crippen LogP contribution is 2.25. The number of halogens is 1. The number of carbonyl (C=O) groups is 1. The fraction of sp³-hybridized carbons (Fsp3) is 0.250. The zero-order valence-electron chi connectivity index (χ0n) is 12.9. The third kappa shape index (κ3) is 4.27. The van der Waals surface area contributed by atoms with E-state index in [2.05, 4.69) is 10.3 Å². The summed E-state index contributed by atoms with van der Waals surface area (Å²) in [6.45, 7) is 2.32. The minimum absolute atomic E-state index is 0.121. The molecule has 0 aliphatic heterocycles. The van der Waals surface area contributed by atoms with Crippen molar-refractivity contribution in [2.24, 2.45) is 0 Å². The maximum Gasteiger partial charge on any atom is 0.342 e. The van der Waals surface area contributed by atoms with Gasteiger partial charge >= 0.3 is 5.97 Å². The van der Waals surface area contributed by atoms with E-state index in [0.717, 1.165) is 5.56 Å². The molecule has 1 atom stereocenters. The van der Waals surface area contributed by atoms with Crippen molar-refractivity contribution in [2.45, 2.75) is 25.9 Å². The Hall–Kier alpha value is -2.51. The highest BCUT2D eigenvalue weighted by molar-refractivity contribution is 6.30. The fourth-order valence-electron chi connectivity index (χ4n) is 2.38. The molecule has 1 unspecified atom stereocenters. The number of aromatic carboxylic acids is 1. The van der Waals surface area contributed by atoms with Crippen molar-refractivity contribution in [1.82, 2.24) is 10.3 Å². The van der Waals surface area contributed by atoms with Gasteiger partial charge in [-0.15, -0.1) is 0 Å². The van der Waals surface area contributed by atoms with E-state index in [1.54, 1.807) is 18.3 Å². The molecule has 1 aromatic carbocycles. The van der Waals surface area contributed by atoms with Crippen LogP contribution in [0.25, 0.3) is 0 Å². The van der Waals surface area contributed by atoms with Gasteiger partial charge in [0.05, 0.1) is 4.92 Å². The first-order valence-corrected chi connectivity index (χ1v) is 7.60. The predicted octanol–water partition coefficient (Wildman–Crippen LogP) is 3.06. The molecule has 0 saturated carbocycles. The van der Waals surface area contributed by atoms with Gasteiger partial charge in [-0.2, -0.15) is 0 Å². The van der Waals surface area contributed by atoms with E-state index in [-0.39, 0.29) is 17.3 Å². The molecular formula is C16H16ClN3O4. The number of para-hydroxylation sites is 1. The Bertz CT molecular complexity index is 767. The van der Waals surface area contributed by atoms with Crippen molar-refractivity contribution >= 4 is 23.3 Å². The summed E-state index contributed by atoms with van der Waals surface area (Å²) in [5, 5.41) is 24.0. The Morgan fingerprint density at radius 2 is 2.08 bits per heavy atom. The van der Waals surface area contributed by atoms with E-state index in [1.165, 1.54) is 12.1 Å². The summed E-state index contributed by atoms with van der Waals surface area (Å²) in [5.41, 5.74) is 0.523. The largest absolute Gasteiger partial charge is 0.477 e. The Labute approximate surface area is 143 Å². The van der Waals surface area contributed by atoms with Gasteiger partial charge in [0.2, 0.25) is 0 Å². The SMILES string of the molecule is CC(Cc1cccc(C(=O)O)c1[N+](=O)[O-])NCc1cccnc1Cl. The van der Waals surface area contributed by atoms with Crippen molar-refractivity contribution in [3.63, 3.8) is 0 Å². The zero-order chi connectivity index (χ0) is 17.7. The molecule has 0 fully saturated rings. The van der Waals surface area contributed by atoms with Crippen LogP contribution in [0.4, 0.5) is 5.69 Å². The molecule has 126 valence electrons. The summed E-state index contributed by atoms with van der Waals surface area (Å²) in [6.07, 6.45) is 1.91. The lowest BCUT2D eigenvalue weighted by Crippen LogP contribution is -2.28. The molecule has 0 aliphatic carbocycles. The standard InChI is InChI=1S/C16H16ClN3O4/c1-10(19-9-12-5-3-7-18-15(12)17)8-11-4-2-6-13(16(21)22)14(11)20(23)24/h2-7,10,19H,8-9H2,1H3,(H,21,22). The van der Waals surface area contributed by atoms with Gasteiger partial charge in [-0.25, -0.2) is 9.78 Å². The number of rotatable bonds is 7. The van der Waals surface area contributed by atoms with Crippen LogP contribution < -0.4 is 5.32 Å². The topological polar surface area (TPSA) is 105 Å². The minimum Gasteiger partial charge on any atom is -0.477 e. The molecule has 2 aromatic rings. The van der Waals surface area contributed by atoms with E-state index in [4.69, 9.17) is 16.7 Å². The number of benzene rings is 1. The van der Waals surface area contributed by atoms with Gasteiger partial charge in [-0.1, -0.05) is 29.8 Å². The molecule has 24 heavy (non-hydrogen) atoms. The molecule has 0 spiro atoms. The van der Waals surface area contributed by atoms with Gasteiger partial charge in [0.15, 0.2) is 0 Å². The first kappa shape index (κ1) is 17.8. The second kappa shape index (κ2) is 7.85. The molecule has 7 nitrogen and oxygen atoms in total. The summed E-state index contributed by atoms with van der Waals surface area (Å²) in [6, 6.07) is 7.80. The van der Waals surface area contributed by atoms with Crippen LogP contribution in [0.3, 0.4) is 0 Å². The summed E-state index contributed by atoms with van der Waals surface area (Å²) in [7, 11) is 0. The molecule has 2 rings (SSSR count). The van der Waals surface area contributed by atoms with Gasteiger partial charge in [0, 0.05) is 29.9 Å². The number of nitrogens with one attached hydrogen (secondary N) is 1. The molecular weight excluding hydrogens is 334 g/mol. The van der Waals surface area contributed by atoms with Crippen LogP contribution in [0.2, 0.25) is 5.15 Å². The number of nitro benzene ring substituents is 1. The third-order valence-electron chi connectivity index (χ3n) is 3.54. The van der Waals surface area contributed by atoms with Crippen LogP contribution in [-0.4, -0.2) is 27.0 Å². The molecule has 2 N–H and O–H groups in total. The summed E-state index contributed by atoms with van der Waals surface area (Å²) in [4.78, 5) is 25.8. The number of carboxylic acids is 1. The van der Waals surface area contributed by atoms with Crippen LogP contribution >= 0.6 is 11.6 Å². The first-order chi connectivity index (χ1) is 11.4. The van der Waals surface area contributed by atoms with Gasteiger partial charge in [0.25, 0.3) is 5.69 Å². The second-order valence-corrected chi connectivity index (χ2v) is 5.67. The van der Waals surface area contributed by atoms with Crippen molar-refractivity contribution in [3.8, 4) is 0 Å². The highest BCUT2D eigenvalue weighted by atomic mass is 35.5. The van der Waals surface area contributed by atoms with E-state index in [9.17, 15) is 14.9 Å². The maximum absolute atomic E-state index is 11.2. The summed E-state index contributed by atoms with van der Waals surface area (Å²) >= 11 is 5.98. The van der Waals surface area contributed by atoms with Crippen molar-refractivity contribution < 1.29 is 14.8 Å². The second-order valence-electron chi connectivity index (χ2n) is 5.31. The fourth-order valence-corrected chi connectivity index (χ4v) is 2.57. The van der Waals surface area contributed by atoms with Crippen LogP contribution in [-0.2, 0) is 13.0 Å². The number of hydrogen-bond acceptors (Lipinski definition) is 5. The van der Waals surface area contributed by atoms with E-state index < -0.39 is 10.9 Å². The molecule has 0 saturated heterocycles. The number of pyridine rings is 1. The van der Waals surface area contributed by atoms with E-state index >= 15 is 0 Å². The van der Waals surface area contributed by atoms with Crippen molar-refractivity contribution in [2.75, 3.05) is 0 Å². The van der Waals surface area contributed by atoms with Gasteiger partial charge < -0.3 is 10.4 Å². The lowest BCUT2D eigenvalue weighted by atomic mass is 10.0. The smallest absolute Gasteiger partial charge is 0.342 e. The minimum atomic E-state index is -1.31. The number of hydrogen-bond donors (Lipinski definition) is 2. The summed E-state index contributed by atoms with van der Waals surface area (Å²) in [5.74, 6) is -1.31. The predicted molar refractivity (Wildman–Crippen MR) is 89.3 cm³/mol. The third-order valence-corrected chi connectivity index (χ3v) is 3.88. The van der Waals surface area contributed by atoms with Crippen LogP contribution in [0.5, 0.6) is 0 Å². The number of nitro groups is 1. The Balaban J connectivity index is 2.13. The molecule has 0 radical (unpaired) electrons. The van der Waals surface area contributed by atoms with Crippen LogP contribution in [0.1, 0.15) is 28.4 Å². The number of nitrogens with zero attached hydrogens (tertiary/aromatic N) is 2. The van der Waals surface area contributed by atoms with Crippen molar-refractivity contribution in [1.29, 1.82) is 0 Å². The molecule has 1 heterocycles. The Kier molecular flexibility index (Phi) is 5.83. The monoisotopic (exact) mass is 349 g/mol. The lowest BCUT2D eigenvalue weighted by molar-refractivity contribution is -0.385. The van der Waals surface area contributed by atoms with E-state index in [0.29, 0.717) is 23.7 Å². The zero-order valence-corrected chi connectivity index (χ0v) is 13.7. The number of aromatic nitrogens is 1. The van der Waals surface area contributed by atoms with E-state index in [1.807, 2.05) is 13.0 Å². The van der Waals surface area contributed by atoms with Gasteiger partial charge in [-0.05, 0) is 25.5 Å². The quantitative estimate of drug-likeness (QED) is 0.452. The van der Waals surface area contributed by atoms with Gasteiger partial charge in [0.1, 0.15) is 10.7 Å². The average molecular weight is 350 g/mol. The Morgan fingerprint density at radius 1 is 1.38 bits per heavy atom. The maximum atomic E-state index is 11.2.